The van der Waals surface area contributed by atoms with Crippen LogP contribution < -0.4 is 4.72 Å². The highest BCUT2D eigenvalue weighted by Crippen LogP contribution is 2.22. The molecule has 0 amide bonds. The van der Waals surface area contributed by atoms with Gasteiger partial charge in [0.15, 0.2) is 5.78 Å². The van der Waals surface area contributed by atoms with E-state index in [0.29, 0.717) is 11.1 Å². The molecule has 20 heavy (non-hydrogen) atoms. The summed E-state index contributed by atoms with van der Waals surface area (Å²) in [4.78, 5) is 11.6. The van der Waals surface area contributed by atoms with Crippen molar-refractivity contribution in [3.05, 3.63) is 29.3 Å². The predicted molar refractivity (Wildman–Crippen MR) is 78.4 cm³/mol. The highest BCUT2D eigenvalue weighted by molar-refractivity contribution is 7.89. The predicted octanol–water partition coefficient (Wildman–Crippen LogP) is 2.81. The Labute approximate surface area is 120 Å². The standard InChI is InChI=1S/C15H21NO3S/c1-11-8-9-13(12(2)17)10-15(11)20(18,19)16-14-6-4-3-5-7-14/h8-10,14,16H,3-7H2,1-2H3. The van der Waals surface area contributed by atoms with Crippen LogP contribution in [0.2, 0.25) is 0 Å². The molecular weight excluding hydrogens is 274 g/mol. The van der Waals surface area contributed by atoms with Crippen LogP contribution in [0.1, 0.15) is 54.9 Å². The van der Waals surface area contributed by atoms with Gasteiger partial charge in [-0.25, -0.2) is 13.1 Å². The Morgan fingerprint density at radius 1 is 1.20 bits per heavy atom. The van der Waals surface area contributed by atoms with Crippen LogP contribution in [-0.2, 0) is 10.0 Å². The van der Waals surface area contributed by atoms with Gasteiger partial charge in [-0.2, -0.15) is 0 Å². The number of nitrogens with one attached hydrogen (secondary N) is 1. The van der Waals surface area contributed by atoms with Crippen molar-refractivity contribution in [1.82, 2.24) is 4.72 Å². The minimum Gasteiger partial charge on any atom is -0.295 e. The van der Waals surface area contributed by atoms with Crippen molar-refractivity contribution < 1.29 is 13.2 Å². The lowest BCUT2D eigenvalue weighted by molar-refractivity contribution is 0.101. The van der Waals surface area contributed by atoms with E-state index in [2.05, 4.69) is 4.72 Å². The first-order chi connectivity index (χ1) is 9.40. The molecule has 1 aromatic rings. The molecule has 0 spiro atoms. The zero-order valence-corrected chi connectivity index (χ0v) is 12.8. The molecule has 0 atom stereocenters. The number of hydrogen-bond donors (Lipinski definition) is 1. The number of ketones is 1. The lowest BCUT2D eigenvalue weighted by Gasteiger charge is -2.23. The average molecular weight is 295 g/mol. The average Bonchev–Trinajstić information content (AvgIpc) is 2.39. The van der Waals surface area contributed by atoms with Gasteiger partial charge in [0.2, 0.25) is 10.0 Å². The third-order valence-electron chi connectivity index (χ3n) is 3.81. The van der Waals surface area contributed by atoms with Gasteiger partial charge < -0.3 is 0 Å². The van der Waals surface area contributed by atoms with E-state index >= 15 is 0 Å². The molecule has 0 aliphatic heterocycles. The highest BCUT2D eigenvalue weighted by Gasteiger charge is 2.23. The van der Waals surface area contributed by atoms with Gasteiger partial charge in [0, 0.05) is 11.6 Å². The third-order valence-corrected chi connectivity index (χ3v) is 5.47. The number of hydrogen-bond acceptors (Lipinski definition) is 3. The summed E-state index contributed by atoms with van der Waals surface area (Å²) >= 11 is 0. The van der Waals surface area contributed by atoms with Gasteiger partial charge >= 0.3 is 0 Å². The SMILES string of the molecule is CC(=O)c1ccc(C)c(S(=O)(=O)NC2CCCCC2)c1. The lowest BCUT2D eigenvalue weighted by Crippen LogP contribution is -2.36. The maximum Gasteiger partial charge on any atom is 0.241 e. The third kappa shape index (κ3) is 3.46. The van der Waals surface area contributed by atoms with Crippen LogP contribution in [-0.4, -0.2) is 20.2 Å². The first kappa shape index (κ1) is 15.2. The Bertz CT molecular complexity index is 602. The van der Waals surface area contributed by atoms with Crippen LogP contribution in [0.5, 0.6) is 0 Å². The van der Waals surface area contributed by atoms with Crippen molar-refractivity contribution in [3.8, 4) is 0 Å². The summed E-state index contributed by atoms with van der Waals surface area (Å²) in [5.41, 5.74) is 1.10. The largest absolute Gasteiger partial charge is 0.295 e. The number of carbonyl (C=O) groups is 1. The van der Waals surface area contributed by atoms with E-state index in [0.717, 1.165) is 25.7 Å². The Kier molecular flexibility index (Phi) is 4.60. The minimum atomic E-state index is -3.55. The Balaban J connectivity index is 2.28. The van der Waals surface area contributed by atoms with E-state index in [1.165, 1.54) is 19.4 Å². The van der Waals surface area contributed by atoms with Crippen LogP contribution in [0.3, 0.4) is 0 Å². The van der Waals surface area contributed by atoms with Crippen molar-refractivity contribution in [1.29, 1.82) is 0 Å². The summed E-state index contributed by atoms with van der Waals surface area (Å²) in [7, 11) is -3.55. The van der Waals surface area contributed by atoms with Crippen molar-refractivity contribution in [2.24, 2.45) is 0 Å². The topological polar surface area (TPSA) is 63.2 Å². The molecule has 0 radical (unpaired) electrons. The van der Waals surface area contributed by atoms with E-state index in [-0.39, 0.29) is 16.7 Å². The Morgan fingerprint density at radius 3 is 2.45 bits per heavy atom. The number of carbonyl (C=O) groups excluding carboxylic acids is 1. The molecule has 1 aliphatic rings. The lowest BCUT2D eigenvalue weighted by atomic mass is 9.96. The van der Waals surface area contributed by atoms with Gasteiger partial charge in [-0.3, -0.25) is 4.79 Å². The van der Waals surface area contributed by atoms with E-state index in [4.69, 9.17) is 0 Å². The quantitative estimate of drug-likeness (QED) is 0.869. The molecule has 2 rings (SSSR count). The van der Waals surface area contributed by atoms with Gasteiger partial charge in [-0.1, -0.05) is 31.4 Å². The second-order valence-corrected chi connectivity index (χ2v) is 7.18. The van der Waals surface area contributed by atoms with E-state index in [9.17, 15) is 13.2 Å². The molecule has 1 fully saturated rings. The molecule has 0 heterocycles. The van der Waals surface area contributed by atoms with Gasteiger partial charge in [-0.05, 0) is 38.3 Å². The number of sulfonamides is 1. The fourth-order valence-electron chi connectivity index (χ4n) is 2.61. The van der Waals surface area contributed by atoms with Crippen molar-refractivity contribution in [2.75, 3.05) is 0 Å². The van der Waals surface area contributed by atoms with Gasteiger partial charge in [0.25, 0.3) is 0 Å². The second-order valence-electron chi connectivity index (χ2n) is 5.49. The summed E-state index contributed by atoms with van der Waals surface area (Å²) in [6.07, 6.45) is 5.10. The Hall–Kier alpha value is -1.20. The minimum absolute atomic E-state index is 0.0223. The zero-order valence-electron chi connectivity index (χ0n) is 12.0. The van der Waals surface area contributed by atoms with Crippen LogP contribution >= 0.6 is 0 Å². The molecule has 1 N–H and O–H groups in total. The van der Waals surface area contributed by atoms with Crippen molar-refractivity contribution >= 4 is 15.8 Å². The molecule has 5 heteroatoms. The van der Waals surface area contributed by atoms with Crippen LogP contribution in [0, 0.1) is 6.92 Å². The van der Waals surface area contributed by atoms with Crippen molar-refractivity contribution in [2.45, 2.75) is 56.9 Å². The van der Waals surface area contributed by atoms with Crippen molar-refractivity contribution in [3.63, 3.8) is 0 Å². The van der Waals surface area contributed by atoms with Crippen LogP contribution in [0.4, 0.5) is 0 Å². The number of aryl methyl sites for hydroxylation is 1. The van der Waals surface area contributed by atoms with Gasteiger partial charge in [-0.15, -0.1) is 0 Å². The second kappa shape index (κ2) is 6.06. The van der Waals surface area contributed by atoms with Gasteiger partial charge in [0.1, 0.15) is 0 Å². The first-order valence-corrected chi connectivity index (χ1v) is 8.52. The summed E-state index contributed by atoms with van der Waals surface area (Å²) in [5.74, 6) is -0.126. The Morgan fingerprint density at radius 2 is 1.85 bits per heavy atom. The zero-order chi connectivity index (χ0) is 14.8. The number of rotatable bonds is 4. The van der Waals surface area contributed by atoms with E-state index in [1.54, 1.807) is 19.1 Å². The van der Waals surface area contributed by atoms with E-state index < -0.39 is 10.0 Å². The highest BCUT2D eigenvalue weighted by atomic mass is 32.2. The smallest absolute Gasteiger partial charge is 0.241 e. The monoisotopic (exact) mass is 295 g/mol. The molecule has 0 unspecified atom stereocenters. The summed E-state index contributed by atoms with van der Waals surface area (Å²) in [5, 5.41) is 0. The van der Waals surface area contributed by atoms with Crippen LogP contribution in [0.25, 0.3) is 0 Å². The maximum absolute atomic E-state index is 12.5. The fraction of sp³-hybridized carbons (Fsp3) is 0.533. The molecule has 0 bridgehead atoms. The summed E-state index contributed by atoms with van der Waals surface area (Å²) in [6.45, 7) is 3.19. The summed E-state index contributed by atoms with van der Waals surface area (Å²) < 4.78 is 27.7. The molecule has 110 valence electrons. The fourth-order valence-corrected chi connectivity index (χ4v) is 4.19. The van der Waals surface area contributed by atoms with E-state index in [1.807, 2.05) is 0 Å². The maximum atomic E-state index is 12.5. The molecule has 1 aromatic carbocycles. The molecule has 0 aromatic heterocycles. The molecule has 1 aliphatic carbocycles. The number of benzene rings is 1. The molecule has 4 nitrogen and oxygen atoms in total. The summed E-state index contributed by atoms with van der Waals surface area (Å²) in [6, 6.07) is 4.85. The first-order valence-electron chi connectivity index (χ1n) is 7.04. The van der Waals surface area contributed by atoms with Gasteiger partial charge in [0.05, 0.1) is 4.90 Å². The molecule has 1 saturated carbocycles. The normalized spacial score (nSPS) is 17.1. The number of Topliss-reactive ketones (excluding diaryl/α,β-unsaturated/α-hetero) is 1. The molecular formula is C15H21NO3S. The molecule has 0 saturated heterocycles. The van der Waals surface area contributed by atoms with Crippen LogP contribution in [0.15, 0.2) is 23.1 Å².